The van der Waals surface area contributed by atoms with Crippen molar-refractivity contribution in [1.29, 1.82) is 0 Å². The van der Waals surface area contributed by atoms with Crippen LogP contribution < -0.4 is 9.64 Å². The summed E-state index contributed by atoms with van der Waals surface area (Å²) < 4.78 is 6.07. The minimum absolute atomic E-state index is 0.0946. The second kappa shape index (κ2) is 7.27. The maximum Gasteiger partial charge on any atom is 0.254 e. The van der Waals surface area contributed by atoms with Gasteiger partial charge in [0.05, 0.1) is 7.11 Å². The van der Waals surface area contributed by atoms with Gasteiger partial charge in [0, 0.05) is 34.9 Å². The number of hydrogen-bond acceptors (Lipinski definition) is 3. The number of ether oxygens (including phenoxy) is 1. The van der Waals surface area contributed by atoms with Gasteiger partial charge in [-0.05, 0) is 37.3 Å². The highest BCUT2D eigenvalue weighted by Crippen LogP contribution is 2.25. The molecule has 1 heterocycles. The van der Waals surface area contributed by atoms with Crippen molar-refractivity contribution in [2.75, 3.05) is 25.1 Å². The normalized spacial score (nSPS) is 17.6. The van der Waals surface area contributed by atoms with Crippen molar-refractivity contribution >= 4 is 33.4 Å². The smallest absolute Gasteiger partial charge is 0.254 e. The number of benzene rings is 2. The van der Waals surface area contributed by atoms with E-state index in [0.29, 0.717) is 24.4 Å². The Morgan fingerprint density at radius 2 is 1.92 bits per heavy atom. The predicted octanol–water partition coefficient (Wildman–Crippen LogP) is 3.34. The summed E-state index contributed by atoms with van der Waals surface area (Å²) in [4.78, 5) is 28.9. The molecule has 25 heavy (non-hydrogen) atoms. The van der Waals surface area contributed by atoms with Gasteiger partial charge in [-0.3, -0.25) is 9.59 Å². The van der Waals surface area contributed by atoms with Gasteiger partial charge in [0.2, 0.25) is 5.91 Å². The van der Waals surface area contributed by atoms with Crippen molar-refractivity contribution in [2.24, 2.45) is 0 Å². The molecule has 0 spiro atoms. The van der Waals surface area contributed by atoms with Crippen LogP contribution in [-0.2, 0) is 4.79 Å². The molecule has 130 valence electrons. The van der Waals surface area contributed by atoms with Crippen LogP contribution in [0.25, 0.3) is 0 Å². The van der Waals surface area contributed by atoms with Crippen LogP contribution in [0.1, 0.15) is 17.3 Å². The minimum Gasteiger partial charge on any atom is -0.497 e. The fourth-order valence-corrected chi connectivity index (χ4v) is 3.37. The lowest BCUT2D eigenvalue weighted by atomic mass is 10.1. The predicted molar refractivity (Wildman–Crippen MR) is 100.0 cm³/mol. The van der Waals surface area contributed by atoms with Crippen LogP contribution in [0.4, 0.5) is 5.69 Å². The summed E-state index contributed by atoms with van der Waals surface area (Å²) in [5.74, 6) is 0.473. The van der Waals surface area contributed by atoms with Crippen LogP contribution in [0.3, 0.4) is 0 Å². The first-order valence-corrected chi connectivity index (χ1v) is 8.82. The van der Waals surface area contributed by atoms with Crippen molar-refractivity contribution in [3.63, 3.8) is 0 Å². The molecule has 3 rings (SSSR count). The lowest BCUT2D eigenvalue weighted by Crippen LogP contribution is -2.57. The molecule has 0 N–H and O–H groups in total. The maximum atomic E-state index is 12.8. The monoisotopic (exact) mass is 402 g/mol. The van der Waals surface area contributed by atoms with E-state index in [-0.39, 0.29) is 11.8 Å². The molecule has 0 bridgehead atoms. The molecule has 5 nitrogen and oxygen atoms in total. The molecule has 0 aromatic heterocycles. The van der Waals surface area contributed by atoms with Crippen molar-refractivity contribution in [2.45, 2.75) is 13.0 Å². The van der Waals surface area contributed by atoms with Crippen molar-refractivity contribution in [3.05, 3.63) is 58.6 Å². The largest absolute Gasteiger partial charge is 0.497 e. The first-order valence-electron chi connectivity index (χ1n) is 8.03. The molecular formula is C19H19BrN2O3. The van der Waals surface area contributed by atoms with Gasteiger partial charge in [-0.1, -0.05) is 28.1 Å². The average Bonchev–Trinajstić information content (AvgIpc) is 2.63. The SMILES string of the molecule is COc1cccc(N2CCN(C(=O)c3cccc(Br)c3)C(C)C2=O)c1. The summed E-state index contributed by atoms with van der Waals surface area (Å²) in [6.45, 7) is 2.70. The van der Waals surface area contributed by atoms with E-state index in [2.05, 4.69) is 15.9 Å². The Balaban J connectivity index is 1.80. The number of amides is 2. The average molecular weight is 403 g/mol. The molecule has 2 aromatic carbocycles. The van der Waals surface area contributed by atoms with Crippen LogP contribution in [0.2, 0.25) is 0 Å². The van der Waals surface area contributed by atoms with Crippen molar-refractivity contribution in [1.82, 2.24) is 4.90 Å². The van der Waals surface area contributed by atoms with E-state index in [1.54, 1.807) is 36.0 Å². The van der Waals surface area contributed by atoms with Gasteiger partial charge in [0.1, 0.15) is 11.8 Å². The molecule has 6 heteroatoms. The zero-order chi connectivity index (χ0) is 18.0. The third-order valence-corrected chi connectivity index (χ3v) is 4.85. The molecule has 1 aliphatic heterocycles. The van der Waals surface area contributed by atoms with Crippen molar-refractivity contribution < 1.29 is 14.3 Å². The Hall–Kier alpha value is -2.34. The fraction of sp³-hybridized carbons (Fsp3) is 0.263. The summed E-state index contributed by atoms with van der Waals surface area (Å²) in [5, 5.41) is 0. The van der Waals surface area contributed by atoms with E-state index >= 15 is 0 Å². The Labute approximate surface area is 155 Å². The molecule has 1 aliphatic rings. The topological polar surface area (TPSA) is 49.9 Å². The standard InChI is InChI=1S/C19H19BrN2O3/c1-13-18(23)22(16-7-4-8-17(12-16)25-2)10-9-21(13)19(24)14-5-3-6-15(20)11-14/h3-8,11-13H,9-10H2,1-2H3. The number of rotatable bonds is 3. The summed E-state index contributed by atoms with van der Waals surface area (Å²) in [7, 11) is 1.60. The third-order valence-electron chi connectivity index (χ3n) is 4.35. The lowest BCUT2D eigenvalue weighted by molar-refractivity contribution is -0.124. The highest BCUT2D eigenvalue weighted by molar-refractivity contribution is 9.10. The third kappa shape index (κ3) is 3.54. The van der Waals surface area contributed by atoms with Crippen LogP contribution in [0.15, 0.2) is 53.0 Å². The van der Waals surface area contributed by atoms with Gasteiger partial charge >= 0.3 is 0 Å². The van der Waals surface area contributed by atoms with Gasteiger partial charge in [-0.2, -0.15) is 0 Å². The summed E-state index contributed by atoms with van der Waals surface area (Å²) in [5.41, 5.74) is 1.36. The summed E-state index contributed by atoms with van der Waals surface area (Å²) in [6, 6.07) is 14.1. The van der Waals surface area contributed by atoms with E-state index in [1.807, 2.05) is 36.4 Å². The zero-order valence-electron chi connectivity index (χ0n) is 14.1. The number of anilines is 1. The fourth-order valence-electron chi connectivity index (χ4n) is 2.97. The lowest BCUT2D eigenvalue weighted by Gasteiger charge is -2.39. The molecule has 0 aliphatic carbocycles. The van der Waals surface area contributed by atoms with E-state index in [0.717, 1.165) is 10.2 Å². The second-order valence-corrected chi connectivity index (χ2v) is 6.79. The Morgan fingerprint density at radius 3 is 2.64 bits per heavy atom. The number of carbonyl (C=O) groups is 2. The van der Waals surface area contributed by atoms with Gasteiger partial charge in [-0.25, -0.2) is 0 Å². The molecule has 1 fully saturated rings. The molecule has 1 atom stereocenters. The zero-order valence-corrected chi connectivity index (χ0v) is 15.7. The quantitative estimate of drug-likeness (QED) is 0.790. The minimum atomic E-state index is -0.522. The van der Waals surface area contributed by atoms with Crippen LogP contribution in [0.5, 0.6) is 5.75 Å². The first kappa shape index (κ1) is 17.5. The molecule has 0 radical (unpaired) electrons. The molecule has 1 unspecified atom stereocenters. The summed E-state index contributed by atoms with van der Waals surface area (Å²) in [6.07, 6.45) is 0. The Bertz CT molecular complexity index is 809. The summed E-state index contributed by atoms with van der Waals surface area (Å²) >= 11 is 3.38. The highest BCUT2D eigenvalue weighted by Gasteiger charge is 2.35. The van der Waals surface area contributed by atoms with Crippen molar-refractivity contribution in [3.8, 4) is 5.75 Å². The number of methoxy groups -OCH3 is 1. The van der Waals surface area contributed by atoms with E-state index in [1.165, 1.54) is 0 Å². The molecule has 2 aromatic rings. The van der Waals surface area contributed by atoms with Gasteiger partial charge in [0.15, 0.2) is 0 Å². The highest BCUT2D eigenvalue weighted by atomic mass is 79.9. The molecule has 2 amide bonds. The second-order valence-electron chi connectivity index (χ2n) is 5.88. The van der Waals surface area contributed by atoms with Gasteiger partial charge in [-0.15, -0.1) is 0 Å². The van der Waals surface area contributed by atoms with Crippen LogP contribution >= 0.6 is 15.9 Å². The van der Waals surface area contributed by atoms with Crippen LogP contribution in [0, 0.1) is 0 Å². The Kier molecular flexibility index (Phi) is 5.08. The van der Waals surface area contributed by atoms with Gasteiger partial charge in [0.25, 0.3) is 5.91 Å². The van der Waals surface area contributed by atoms with Gasteiger partial charge < -0.3 is 14.5 Å². The van der Waals surface area contributed by atoms with E-state index < -0.39 is 6.04 Å². The van der Waals surface area contributed by atoms with E-state index in [4.69, 9.17) is 4.74 Å². The number of halogens is 1. The molecule has 0 saturated carbocycles. The van der Waals surface area contributed by atoms with E-state index in [9.17, 15) is 9.59 Å². The first-order chi connectivity index (χ1) is 12.0. The number of carbonyl (C=O) groups excluding carboxylic acids is 2. The number of hydrogen-bond donors (Lipinski definition) is 0. The molecule has 1 saturated heterocycles. The number of nitrogens with zero attached hydrogens (tertiary/aromatic N) is 2. The molecular weight excluding hydrogens is 384 g/mol. The number of piperazine rings is 1. The van der Waals surface area contributed by atoms with Crippen LogP contribution in [-0.4, -0.2) is 43.0 Å². The Morgan fingerprint density at radius 1 is 1.16 bits per heavy atom. The maximum absolute atomic E-state index is 12.8.